The molecule has 0 aromatic heterocycles. The van der Waals surface area contributed by atoms with E-state index in [4.69, 9.17) is 4.74 Å². The first-order valence-corrected chi connectivity index (χ1v) is 15.4. The van der Waals surface area contributed by atoms with Crippen LogP contribution in [0.3, 0.4) is 0 Å². The zero-order valence-electron chi connectivity index (χ0n) is 25.1. The van der Waals surface area contributed by atoms with Crippen LogP contribution in [0.15, 0.2) is 77.7 Å². The fraction of sp³-hybridized carbons (Fsp3) is 0.375. The van der Waals surface area contributed by atoms with Crippen molar-refractivity contribution in [2.75, 3.05) is 17.5 Å². The molecule has 3 aromatic carbocycles. The summed E-state index contributed by atoms with van der Waals surface area (Å²) in [6.45, 7) is 10.9. The van der Waals surface area contributed by atoms with Gasteiger partial charge in [0.25, 0.3) is 10.0 Å². The molecule has 0 aliphatic rings. The first-order valence-electron chi connectivity index (χ1n) is 13.9. The van der Waals surface area contributed by atoms with Crippen molar-refractivity contribution >= 4 is 27.5 Å². The topological polar surface area (TPSA) is 96.0 Å². The first-order chi connectivity index (χ1) is 19.7. The molecule has 0 fully saturated rings. The number of hydrogen-bond donors (Lipinski definition) is 1. The molecule has 1 N–H and O–H groups in total. The number of rotatable bonds is 12. The molecule has 0 unspecified atom stereocenters. The number of nitrogens with zero attached hydrogens (tertiary/aromatic N) is 2. The Hall–Kier alpha value is -3.92. The van der Waals surface area contributed by atoms with Crippen molar-refractivity contribution in [3.05, 3.63) is 89.7 Å². The lowest BCUT2D eigenvalue weighted by Crippen LogP contribution is -2.55. The monoisotopic (exact) mass is 597 g/mol. The molecule has 226 valence electrons. The van der Waals surface area contributed by atoms with Crippen molar-refractivity contribution in [2.24, 2.45) is 0 Å². The van der Waals surface area contributed by atoms with Crippen LogP contribution in [-0.4, -0.2) is 49.9 Å². The predicted octanol–water partition coefficient (Wildman–Crippen LogP) is 5.45. The van der Waals surface area contributed by atoms with Crippen LogP contribution in [0.2, 0.25) is 0 Å². The maximum Gasteiger partial charge on any atom is 0.264 e. The molecule has 0 aliphatic heterocycles. The van der Waals surface area contributed by atoms with E-state index in [1.165, 1.54) is 29.2 Å². The third-order valence-electron chi connectivity index (χ3n) is 6.47. The van der Waals surface area contributed by atoms with E-state index in [-0.39, 0.29) is 23.8 Å². The lowest BCUT2D eigenvalue weighted by atomic mass is 10.1. The summed E-state index contributed by atoms with van der Waals surface area (Å²) in [7, 11) is -4.21. The zero-order valence-corrected chi connectivity index (χ0v) is 25.9. The minimum atomic E-state index is -4.21. The zero-order chi connectivity index (χ0) is 31.1. The Morgan fingerprint density at radius 1 is 0.929 bits per heavy atom. The lowest BCUT2D eigenvalue weighted by molar-refractivity contribution is -0.141. The second kappa shape index (κ2) is 13.8. The molecule has 0 aliphatic carbocycles. The van der Waals surface area contributed by atoms with Crippen molar-refractivity contribution in [3.8, 4) is 5.75 Å². The summed E-state index contributed by atoms with van der Waals surface area (Å²) in [5.41, 5.74) is 1.27. The van der Waals surface area contributed by atoms with Crippen molar-refractivity contribution < 1.29 is 27.1 Å². The average Bonchev–Trinajstić information content (AvgIpc) is 2.92. The summed E-state index contributed by atoms with van der Waals surface area (Å²) < 4.78 is 48.1. The number of ether oxygens (including phenoxy) is 1. The smallest absolute Gasteiger partial charge is 0.264 e. The molecule has 3 rings (SSSR count). The molecular weight excluding hydrogens is 557 g/mol. The van der Waals surface area contributed by atoms with E-state index in [1.807, 2.05) is 34.6 Å². The Labute approximate surface area is 248 Å². The second-order valence-electron chi connectivity index (χ2n) is 11.1. The molecule has 3 aromatic rings. The molecule has 0 saturated carbocycles. The minimum absolute atomic E-state index is 0.0121. The van der Waals surface area contributed by atoms with Gasteiger partial charge in [0.05, 0.1) is 17.2 Å². The van der Waals surface area contributed by atoms with Crippen LogP contribution in [0.5, 0.6) is 5.75 Å². The van der Waals surface area contributed by atoms with Crippen LogP contribution in [0.1, 0.15) is 52.2 Å². The second-order valence-corrected chi connectivity index (χ2v) is 12.9. The van der Waals surface area contributed by atoms with Gasteiger partial charge in [0.2, 0.25) is 11.8 Å². The number of anilines is 1. The Morgan fingerprint density at radius 2 is 1.52 bits per heavy atom. The van der Waals surface area contributed by atoms with Gasteiger partial charge in [0.15, 0.2) is 0 Å². The maximum atomic E-state index is 14.1. The maximum absolute atomic E-state index is 14.1. The number of hydrogen-bond acceptors (Lipinski definition) is 5. The lowest BCUT2D eigenvalue weighted by Gasteiger charge is -2.34. The number of amides is 2. The standard InChI is InChI=1S/C32H40FN3O5S/c1-7-29(31(38)34-32(4,5)6)35(21-24-11-13-25(33)14-12-24)30(37)22-36(26-15-9-23(3)10-16-26)42(39,40)28-19-17-27(18-20-28)41-8-2/h9-20,29H,7-8,21-22H2,1-6H3,(H,34,38)/t29-/m0/s1. The van der Waals surface area contributed by atoms with Gasteiger partial charge in [-0.05, 0) is 95.1 Å². The molecule has 42 heavy (non-hydrogen) atoms. The molecule has 0 radical (unpaired) electrons. The van der Waals surface area contributed by atoms with Crippen LogP contribution in [-0.2, 0) is 26.2 Å². The number of benzene rings is 3. The molecule has 0 spiro atoms. The van der Waals surface area contributed by atoms with E-state index in [9.17, 15) is 22.4 Å². The van der Waals surface area contributed by atoms with Crippen molar-refractivity contribution in [3.63, 3.8) is 0 Å². The molecule has 1 atom stereocenters. The number of halogens is 1. The van der Waals surface area contributed by atoms with Gasteiger partial charge in [-0.1, -0.05) is 36.8 Å². The molecule has 8 nitrogen and oxygen atoms in total. The highest BCUT2D eigenvalue weighted by Crippen LogP contribution is 2.27. The van der Waals surface area contributed by atoms with Crippen LogP contribution >= 0.6 is 0 Å². The van der Waals surface area contributed by atoms with Gasteiger partial charge in [-0.3, -0.25) is 13.9 Å². The Bertz CT molecular complexity index is 1450. The quantitative estimate of drug-likeness (QED) is 0.300. The minimum Gasteiger partial charge on any atom is -0.494 e. The fourth-order valence-electron chi connectivity index (χ4n) is 4.40. The predicted molar refractivity (Wildman–Crippen MR) is 162 cm³/mol. The Morgan fingerprint density at radius 3 is 2.05 bits per heavy atom. The molecule has 0 bridgehead atoms. The van der Waals surface area contributed by atoms with Gasteiger partial charge in [-0.25, -0.2) is 12.8 Å². The summed E-state index contributed by atoms with van der Waals surface area (Å²) in [6.07, 6.45) is 0.283. The summed E-state index contributed by atoms with van der Waals surface area (Å²) in [4.78, 5) is 28.8. The van der Waals surface area contributed by atoms with Gasteiger partial charge in [0.1, 0.15) is 24.2 Å². The van der Waals surface area contributed by atoms with Gasteiger partial charge in [-0.15, -0.1) is 0 Å². The molecule has 2 amide bonds. The van der Waals surface area contributed by atoms with Gasteiger partial charge >= 0.3 is 0 Å². The van der Waals surface area contributed by atoms with E-state index in [1.54, 1.807) is 55.5 Å². The number of aryl methyl sites for hydroxylation is 1. The number of nitrogens with one attached hydrogen (secondary N) is 1. The summed E-state index contributed by atoms with van der Waals surface area (Å²) >= 11 is 0. The summed E-state index contributed by atoms with van der Waals surface area (Å²) in [5, 5.41) is 2.93. The molecule has 0 heterocycles. The highest BCUT2D eigenvalue weighted by Gasteiger charge is 2.34. The number of carbonyl (C=O) groups is 2. The van der Waals surface area contributed by atoms with E-state index < -0.39 is 39.9 Å². The van der Waals surface area contributed by atoms with Crippen LogP contribution in [0.25, 0.3) is 0 Å². The SMILES string of the molecule is CCOc1ccc(S(=O)(=O)N(CC(=O)N(Cc2ccc(F)cc2)[C@@H](CC)C(=O)NC(C)(C)C)c2ccc(C)cc2)cc1. The number of carbonyl (C=O) groups excluding carboxylic acids is 2. The van der Waals surface area contributed by atoms with E-state index in [0.29, 0.717) is 23.6 Å². The third-order valence-corrected chi connectivity index (χ3v) is 8.26. The largest absolute Gasteiger partial charge is 0.494 e. The van der Waals surface area contributed by atoms with E-state index in [2.05, 4.69) is 5.32 Å². The summed E-state index contributed by atoms with van der Waals surface area (Å²) in [5.74, 6) is -0.848. The van der Waals surface area contributed by atoms with E-state index in [0.717, 1.165) is 9.87 Å². The van der Waals surface area contributed by atoms with Crippen LogP contribution in [0, 0.1) is 12.7 Å². The van der Waals surface area contributed by atoms with Crippen LogP contribution in [0.4, 0.5) is 10.1 Å². The Kier molecular flexibility index (Phi) is 10.7. The average molecular weight is 598 g/mol. The molecule has 0 saturated heterocycles. The highest BCUT2D eigenvalue weighted by atomic mass is 32.2. The highest BCUT2D eigenvalue weighted by molar-refractivity contribution is 7.92. The first kappa shape index (κ1) is 32.6. The number of sulfonamides is 1. The van der Waals surface area contributed by atoms with Crippen molar-refractivity contribution in [1.29, 1.82) is 0 Å². The molecule has 10 heteroatoms. The van der Waals surface area contributed by atoms with Gasteiger partial charge in [0, 0.05) is 12.1 Å². The van der Waals surface area contributed by atoms with Gasteiger partial charge < -0.3 is 15.0 Å². The normalized spacial score (nSPS) is 12.4. The fourth-order valence-corrected chi connectivity index (χ4v) is 5.81. The van der Waals surface area contributed by atoms with E-state index >= 15 is 0 Å². The van der Waals surface area contributed by atoms with Crippen molar-refractivity contribution in [2.45, 2.75) is 71.0 Å². The van der Waals surface area contributed by atoms with Gasteiger partial charge in [-0.2, -0.15) is 0 Å². The third kappa shape index (κ3) is 8.55. The Balaban J connectivity index is 2.05. The van der Waals surface area contributed by atoms with Crippen molar-refractivity contribution in [1.82, 2.24) is 10.2 Å². The summed E-state index contributed by atoms with van der Waals surface area (Å²) in [6, 6.07) is 17.6. The van der Waals surface area contributed by atoms with Crippen LogP contribution < -0.4 is 14.4 Å². The molecular formula is C32H40FN3O5S.